The number of H-pyrrole nitrogens is 1. The van der Waals surface area contributed by atoms with Crippen LogP contribution in [0.1, 0.15) is 46.1 Å². The van der Waals surface area contributed by atoms with E-state index in [9.17, 15) is 22.8 Å². The summed E-state index contributed by atoms with van der Waals surface area (Å²) < 4.78 is 54.3. The summed E-state index contributed by atoms with van der Waals surface area (Å²) in [5.41, 5.74) is 3.50. The van der Waals surface area contributed by atoms with Gasteiger partial charge in [0.25, 0.3) is 0 Å². The first-order valence-electron chi connectivity index (χ1n) is 19.7. The van der Waals surface area contributed by atoms with Crippen molar-refractivity contribution in [2.75, 3.05) is 50.0 Å². The van der Waals surface area contributed by atoms with Crippen LogP contribution in [0.25, 0.3) is 27.9 Å². The summed E-state index contributed by atoms with van der Waals surface area (Å²) in [4.78, 5) is 50.9. The lowest BCUT2D eigenvalue weighted by Gasteiger charge is -2.41. The van der Waals surface area contributed by atoms with Crippen LogP contribution in [0.4, 0.5) is 21.7 Å². The van der Waals surface area contributed by atoms with Crippen molar-refractivity contribution in [3.8, 4) is 17.0 Å². The molecule has 19 nitrogen and oxygen atoms in total. The first-order valence-corrected chi connectivity index (χ1v) is 21.1. The molecule has 4 aromatic heterocycles. The molecular formula is C39H46FN13O6S. The third kappa shape index (κ3) is 7.70. The molecule has 2 saturated heterocycles. The SMILES string of the molecule is CC(C)Oc1c(-c2cn[nH]c2)ncn2nc(Nc3ccc(S(=O)(=O)N(C)CCCN4CCN(c5ccc6c(c5)n(C)c(=O)n6C5CCC(=O)NC5=O)C[C@@H]4C)cc3F)nc12. The fraction of sp³-hybridized carbons (Fsp3) is 0.410. The van der Waals surface area contributed by atoms with Gasteiger partial charge in [0.1, 0.15) is 23.9 Å². The van der Waals surface area contributed by atoms with Crippen molar-refractivity contribution in [1.29, 1.82) is 0 Å². The number of carbonyl (C=O) groups is 2. The number of imidazole rings is 1. The number of aromatic nitrogens is 8. The molecule has 2 atom stereocenters. The van der Waals surface area contributed by atoms with E-state index < -0.39 is 27.8 Å². The Kier molecular flexibility index (Phi) is 10.9. The molecule has 0 spiro atoms. The predicted molar refractivity (Wildman–Crippen MR) is 220 cm³/mol. The highest BCUT2D eigenvalue weighted by Crippen LogP contribution is 2.33. The lowest BCUT2D eigenvalue weighted by atomic mass is 10.1. The zero-order valence-electron chi connectivity index (χ0n) is 33.8. The second-order valence-electron chi connectivity index (χ2n) is 15.4. The smallest absolute Gasteiger partial charge is 0.329 e. The fourth-order valence-corrected chi connectivity index (χ4v) is 9.06. The van der Waals surface area contributed by atoms with Crippen molar-refractivity contribution < 1.29 is 27.1 Å². The van der Waals surface area contributed by atoms with Crippen molar-refractivity contribution in [2.45, 2.75) is 63.1 Å². The Morgan fingerprint density at radius 1 is 1.10 bits per heavy atom. The number of aromatic amines is 1. The highest BCUT2D eigenvalue weighted by molar-refractivity contribution is 7.89. The number of anilines is 3. The number of nitrogens with one attached hydrogen (secondary N) is 3. The molecule has 2 aliphatic rings. The van der Waals surface area contributed by atoms with Gasteiger partial charge in [0, 0.05) is 70.2 Å². The number of ether oxygens (including phenoxy) is 1. The van der Waals surface area contributed by atoms with E-state index in [2.05, 4.69) is 52.6 Å². The molecule has 60 heavy (non-hydrogen) atoms. The van der Waals surface area contributed by atoms with Crippen LogP contribution in [0, 0.1) is 5.82 Å². The highest BCUT2D eigenvalue weighted by atomic mass is 32.2. The molecule has 2 aliphatic heterocycles. The van der Waals surface area contributed by atoms with Crippen LogP contribution in [-0.4, -0.2) is 120 Å². The Hall–Kier alpha value is -6.19. The van der Waals surface area contributed by atoms with Gasteiger partial charge in [-0.25, -0.2) is 26.9 Å². The van der Waals surface area contributed by atoms with Crippen molar-refractivity contribution in [2.24, 2.45) is 7.05 Å². The number of rotatable bonds is 13. The summed E-state index contributed by atoms with van der Waals surface area (Å²) in [6, 6.07) is 8.83. The summed E-state index contributed by atoms with van der Waals surface area (Å²) in [6.07, 6.45) is 5.55. The van der Waals surface area contributed by atoms with E-state index >= 15 is 4.39 Å². The molecule has 2 amide bonds. The number of piperazine rings is 1. The molecule has 0 aliphatic carbocycles. The number of aryl methyl sites for hydroxylation is 1. The highest BCUT2D eigenvalue weighted by Gasteiger charge is 2.32. The van der Waals surface area contributed by atoms with E-state index in [1.807, 2.05) is 32.0 Å². The van der Waals surface area contributed by atoms with Gasteiger partial charge in [0.05, 0.1) is 33.9 Å². The van der Waals surface area contributed by atoms with Crippen molar-refractivity contribution in [3.63, 3.8) is 0 Å². The molecule has 3 N–H and O–H groups in total. The van der Waals surface area contributed by atoms with Crippen LogP contribution in [-0.2, 0) is 26.7 Å². The van der Waals surface area contributed by atoms with Gasteiger partial charge >= 0.3 is 5.69 Å². The van der Waals surface area contributed by atoms with Crippen molar-refractivity contribution in [1.82, 2.24) is 53.4 Å². The summed E-state index contributed by atoms with van der Waals surface area (Å²) in [7, 11) is -0.841. The number of imide groups is 1. The van der Waals surface area contributed by atoms with Crippen LogP contribution in [0.3, 0.4) is 0 Å². The zero-order valence-corrected chi connectivity index (χ0v) is 34.6. The predicted octanol–water partition coefficient (Wildman–Crippen LogP) is 3.04. The van der Waals surface area contributed by atoms with Gasteiger partial charge in [-0.2, -0.15) is 14.6 Å². The summed E-state index contributed by atoms with van der Waals surface area (Å²) >= 11 is 0. The minimum absolute atomic E-state index is 0.00965. The molecule has 8 rings (SSSR count). The van der Waals surface area contributed by atoms with Crippen LogP contribution in [0.2, 0.25) is 0 Å². The topological polar surface area (TPSA) is 210 Å². The average molecular weight is 844 g/mol. The van der Waals surface area contributed by atoms with Crippen LogP contribution in [0.5, 0.6) is 5.75 Å². The number of piperidine rings is 1. The van der Waals surface area contributed by atoms with Gasteiger partial charge in [-0.3, -0.25) is 34.0 Å². The van der Waals surface area contributed by atoms with Gasteiger partial charge in [-0.15, -0.1) is 5.10 Å². The molecule has 316 valence electrons. The zero-order chi connectivity index (χ0) is 42.5. The second-order valence-corrected chi connectivity index (χ2v) is 17.5. The molecule has 0 saturated carbocycles. The summed E-state index contributed by atoms with van der Waals surface area (Å²) in [5, 5.41) is 16.3. The maximum atomic E-state index is 15.5. The Labute approximate surface area is 344 Å². The largest absolute Gasteiger partial charge is 0.485 e. The number of carbonyl (C=O) groups excluding carboxylic acids is 2. The number of benzene rings is 2. The van der Waals surface area contributed by atoms with Crippen LogP contribution in [0.15, 0.2) is 64.8 Å². The molecule has 2 aromatic carbocycles. The Bertz CT molecular complexity index is 2770. The fourth-order valence-electron chi connectivity index (χ4n) is 7.83. The van der Waals surface area contributed by atoms with Gasteiger partial charge in [0.15, 0.2) is 5.75 Å². The maximum Gasteiger partial charge on any atom is 0.329 e. The van der Waals surface area contributed by atoms with Crippen molar-refractivity contribution in [3.05, 3.63) is 71.4 Å². The average Bonchev–Trinajstić information content (AvgIpc) is 3.95. The molecule has 21 heteroatoms. The number of fused-ring (bicyclic) bond motifs is 2. The third-order valence-electron chi connectivity index (χ3n) is 11.0. The Balaban J connectivity index is 0.874. The van der Waals surface area contributed by atoms with E-state index in [0.717, 1.165) is 18.3 Å². The number of hydrogen-bond acceptors (Lipinski definition) is 13. The maximum absolute atomic E-state index is 15.5. The molecule has 0 radical (unpaired) electrons. The minimum atomic E-state index is -4.00. The first kappa shape index (κ1) is 40.6. The van der Waals surface area contributed by atoms with Gasteiger partial charge in [-0.1, -0.05) is 0 Å². The Morgan fingerprint density at radius 3 is 2.63 bits per heavy atom. The number of nitrogens with zero attached hydrogens (tertiary/aromatic N) is 10. The van der Waals surface area contributed by atoms with E-state index in [4.69, 9.17) is 4.74 Å². The second kappa shape index (κ2) is 16.1. The van der Waals surface area contributed by atoms with Crippen LogP contribution < -0.4 is 26.0 Å². The van der Waals surface area contributed by atoms with E-state index in [1.165, 1.54) is 43.5 Å². The monoisotopic (exact) mass is 843 g/mol. The van der Waals surface area contributed by atoms with Gasteiger partial charge < -0.3 is 15.0 Å². The number of halogens is 1. The molecular weight excluding hydrogens is 798 g/mol. The Morgan fingerprint density at radius 2 is 1.92 bits per heavy atom. The van der Waals surface area contributed by atoms with Crippen molar-refractivity contribution >= 4 is 55.8 Å². The minimum Gasteiger partial charge on any atom is -0.485 e. The molecule has 2 fully saturated rings. The summed E-state index contributed by atoms with van der Waals surface area (Å²) in [5.74, 6) is -1.16. The first-order chi connectivity index (χ1) is 28.7. The van der Waals surface area contributed by atoms with E-state index in [1.54, 1.807) is 19.4 Å². The van der Waals surface area contributed by atoms with Crippen LogP contribution >= 0.6 is 0 Å². The van der Waals surface area contributed by atoms with Gasteiger partial charge in [0.2, 0.25) is 33.4 Å². The summed E-state index contributed by atoms with van der Waals surface area (Å²) in [6.45, 7) is 8.91. The number of sulfonamides is 1. The van der Waals surface area contributed by atoms with Gasteiger partial charge in [-0.05, 0) is 76.6 Å². The molecule has 6 heterocycles. The quantitative estimate of drug-likeness (QED) is 0.143. The standard InChI is InChI=1S/C39H46FN13O6S/c1-23(2)59-35-34(25-19-42-43-20-25)41-22-52-36(35)46-38(47-52)44-29-9-8-27(18-28(29)40)60(57,58)48(4)13-6-14-50-15-16-51(21-24(50)3)26-7-10-30-32(17-26)49(5)39(56)53(30)31-11-12-33(54)45-37(31)55/h7-10,17-20,22-24,31H,6,11-16,21H2,1-5H3,(H,42,43)(H,44,47)(H,45,54,55)/t24-,31?/m0/s1. The molecule has 0 bridgehead atoms. The number of hydrogen-bond donors (Lipinski definition) is 3. The lowest BCUT2D eigenvalue weighted by Crippen LogP contribution is -2.52. The van der Waals surface area contributed by atoms with E-state index in [0.29, 0.717) is 59.7 Å². The molecule has 1 unspecified atom stereocenters. The van der Waals surface area contributed by atoms with E-state index in [-0.39, 0.29) is 59.7 Å². The normalized spacial score (nSPS) is 18.0. The third-order valence-corrected chi connectivity index (χ3v) is 12.9. The molecule has 6 aromatic rings. The lowest BCUT2D eigenvalue weighted by molar-refractivity contribution is -0.135. The number of amides is 2.